The second-order valence-corrected chi connectivity index (χ2v) is 5.58. The van der Waals surface area contributed by atoms with Crippen LogP contribution in [-0.2, 0) is 19.1 Å². The van der Waals surface area contributed by atoms with E-state index in [4.69, 9.17) is 9.47 Å². The van der Waals surface area contributed by atoms with Gasteiger partial charge in [-0.05, 0) is 25.0 Å². The number of nitrogens with zero attached hydrogens (tertiary/aromatic N) is 1. The lowest BCUT2D eigenvalue weighted by atomic mass is 10.1. The molecule has 1 saturated carbocycles. The Hall–Kier alpha value is -2.63. The molecule has 0 heterocycles. The fraction of sp³-hybridized carbons (Fsp3) is 0.389. The zero-order chi connectivity index (χ0) is 17.6. The minimum absolute atomic E-state index is 0.0321. The minimum atomic E-state index is -0.976. The van der Waals surface area contributed by atoms with E-state index < -0.39 is 17.5 Å². The lowest BCUT2D eigenvalue weighted by molar-refractivity contribution is -0.150. The van der Waals surface area contributed by atoms with Gasteiger partial charge in [-0.15, -0.1) is 0 Å². The number of esters is 2. The van der Waals surface area contributed by atoms with Gasteiger partial charge in [0.1, 0.15) is 18.8 Å². The topological polar surface area (TPSA) is 72.9 Å². The van der Waals surface area contributed by atoms with E-state index in [0.717, 1.165) is 0 Å². The normalized spacial score (nSPS) is 14.4. The minimum Gasteiger partial charge on any atom is -0.464 e. The lowest BCUT2D eigenvalue weighted by Crippen LogP contribution is -2.49. The maximum Gasteiger partial charge on any atom is 0.332 e. The van der Waals surface area contributed by atoms with Crippen molar-refractivity contribution in [1.29, 1.82) is 0 Å². The van der Waals surface area contributed by atoms with Gasteiger partial charge < -0.3 is 14.4 Å². The molecule has 1 aromatic rings. The molecule has 2 rings (SSSR count). The molecule has 1 aliphatic carbocycles. The Labute approximate surface area is 141 Å². The van der Waals surface area contributed by atoms with Crippen LogP contribution in [0.25, 0.3) is 0 Å². The number of carbonyl (C=O) groups excluding carboxylic acids is 3. The number of rotatable bonds is 8. The average molecular weight is 331 g/mol. The maximum absolute atomic E-state index is 12.8. The van der Waals surface area contributed by atoms with Gasteiger partial charge in [0.15, 0.2) is 0 Å². The molecule has 6 heteroatoms. The predicted molar refractivity (Wildman–Crippen MR) is 87.2 cm³/mol. The highest BCUT2D eigenvalue weighted by Gasteiger charge is 2.57. The number of amides is 1. The number of ether oxygens (including phenoxy) is 2. The second kappa shape index (κ2) is 7.77. The van der Waals surface area contributed by atoms with Gasteiger partial charge in [0, 0.05) is 12.5 Å². The smallest absolute Gasteiger partial charge is 0.332 e. The first-order chi connectivity index (χ1) is 11.5. The Morgan fingerprint density at radius 1 is 1.21 bits per heavy atom. The summed E-state index contributed by atoms with van der Waals surface area (Å²) in [6.45, 7) is 5.08. The zero-order valence-electron chi connectivity index (χ0n) is 13.7. The summed E-state index contributed by atoms with van der Waals surface area (Å²) < 4.78 is 10.1. The Morgan fingerprint density at radius 3 is 2.42 bits per heavy atom. The molecule has 0 aromatic heterocycles. The van der Waals surface area contributed by atoms with Crippen molar-refractivity contribution in [2.24, 2.45) is 0 Å². The Balaban J connectivity index is 2.19. The predicted octanol–water partition coefficient (Wildman–Crippen LogP) is 1.95. The first kappa shape index (κ1) is 17.7. The quantitative estimate of drug-likeness (QED) is 0.538. The summed E-state index contributed by atoms with van der Waals surface area (Å²) >= 11 is 0. The van der Waals surface area contributed by atoms with Gasteiger partial charge in [0.05, 0.1) is 6.54 Å². The van der Waals surface area contributed by atoms with Crippen LogP contribution in [-0.4, -0.2) is 48.0 Å². The zero-order valence-corrected chi connectivity index (χ0v) is 13.7. The molecule has 0 unspecified atom stereocenters. The Kier molecular flexibility index (Phi) is 5.73. The molecule has 0 bridgehead atoms. The van der Waals surface area contributed by atoms with E-state index in [1.165, 1.54) is 17.9 Å². The van der Waals surface area contributed by atoms with Gasteiger partial charge in [-0.2, -0.15) is 0 Å². The number of benzene rings is 1. The molecule has 0 saturated heterocycles. The van der Waals surface area contributed by atoms with E-state index in [1.807, 2.05) is 6.07 Å². The van der Waals surface area contributed by atoms with E-state index >= 15 is 0 Å². The van der Waals surface area contributed by atoms with Crippen molar-refractivity contribution >= 4 is 17.8 Å². The molecular formula is C18H21NO5. The van der Waals surface area contributed by atoms with Crippen LogP contribution in [0.2, 0.25) is 0 Å². The Morgan fingerprint density at radius 2 is 1.88 bits per heavy atom. The van der Waals surface area contributed by atoms with E-state index in [2.05, 4.69) is 6.58 Å². The SMILES string of the molecule is C=CCOC(=O)C1(N(CCOC(C)=O)C(=O)c2ccccc2)CC1. The maximum atomic E-state index is 12.8. The summed E-state index contributed by atoms with van der Waals surface area (Å²) in [7, 11) is 0. The summed E-state index contributed by atoms with van der Waals surface area (Å²) in [6, 6.07) is 8.70. The molecule has 0 aliphatic heterocycles. The van der Waals surface area contributed by atoms with Crippen LogP contribution >= 0.6 is 0 Å². The van der Waals surface area contributed by atoms with Crippen LogP contribution in [0.4, 0.5) is 0 Å². The van der Waals surface area contributed by atoms with Crippen molar-refractivity contribution in [3.05, 3.63) is 48.6 Å². The molecule has 0 spiro atoms. The Bertz CT molecular complexity index is 622. The number of carbonyl (C=O) groups is 3. The molecule has 0 N–H and O–H groups in total. The largest absolute Gasteiger partial charge is 0.464 e. The lowest BCUT2D eigenvalue weighted by Gasteiger charge is -2.30. The molecule has 128 valence electrons. The van der Waals surface area contributed by atoms with E-state index in [0.29, 0.717) is 18.4 Å². The third kappa shape index (κ3) is 4.01. The van der Waals surface area contributed by atoms with Crippen molar-refractivity contribution in [1.82, 2.24) is 4.90 Å². The monoisotopic (exact) mass is 331 g/mol. The fourth-order valence-corrected chi connectivity index (χ4v) is 2.50. The highest BCUT2D eigenvalue weighted by atomic mass is 16.5. The van der Waals surface area contributed by atoms with Gasteiger partial charge in [-0.25, -0.2) is 4.79 Å². The number of hydrogen-bond donors (Lipinski definition) is 0. The van der Waals surface area contributed by atoms with Gasteiger partial charge in [-0.1, -0.05) is 30.9 Å². The highest BCUT2D eigenvalue weighted by molar-refractivity contribution is 5.99. The van der Waals surface area contributed by atoms with Crippen LogP contribution in [0.1, 0.15) is 30.1 Å². The van der Waals surface area contributed by atoms with Crippen molar-refractivity contribution in [3.8, 4) is 0 Å². The third-order valence-corrected chi connectivity index (χ3v) is 3.84. The molecule has 24 heavy (non-hydrogen) atoms. The van der Waals surface area contributed by atoms with Crippen molar-refractivity contribution in [3.63, 3.8) is 0 Å². The highest BCUT2D eigenvalue weighted by Crippen LogP contribution is 2.43. The molecule has 6 nitrogen and oxygen atoms in total. The molecular weight excluding hydrogens is 310 g/mol. The van der Waals surface area contributed by atoms with Crippen LogP contribution in [0, 0.1) is 0 Å². The van der Waals surface area contributed by atoms with E-state index in [9.17, 15) is 14.4 Å². The standard InChI is InChI=1S/C18H21NO5/c1-3-12-24-17(22)18(9-10-18)19(11-13-23-14(2)20)16(21)15-7-5-4-6-8-15/h3-8H,1,9-13H2,2H3. The molecule has 1 aromatic carbocycles. The molecule has 0 atom stereocenters. The summed E-state index contributed by atoms with van der Waals surface area (Å²) in [5, 5.41) is 0. The van der Waals surface area contributed by atoms with Gasteiger partial charge in [0.25, 0.3) is 5.91 Å². The van der Waals surface area contributed by atoms with Crippen molar-refractivity contribution < 1.29 is 23.9 Å². The van der Waals surface area contributed by atoms with E-state index in [1.54, 1.807) is 24.3 Å². The second-order valence-electron chi connectivity index (χ2n) is 5.58. The van der Waals surface area contributed by atoms with Crippen molar-refractivity contribution in [2.75, 3.05) is 19.8 Å². The summed E-state index contributed by atoms with van der Waals surface area (Å²) in [5.41, 5.74) is -0.501. The molecule has 1 fully saturated rings. The van der Waals surface area contributed by atoms with Crippen LogP contribution in [0.5, 0.6) is 0 Å². The van der Waals surface area contributed by atoms with Crippen molar-refractivity contribution in [2.45, 2.75) is 25.3 Å². The van der Waals surface area contributed by atoms with Gasteiger partial charge in [-0.3, -0.25) is 9.59 Å². The molecule has 1 amide bonds. The third-order valence-electron chi connectivity index (χ3n) is 3.84. The van der Waals surface area contributed by atoms with Gasteiger partial charge >= 0.3 is 11.9 Å². The van der Waals surface area contributed by atoms with Crippen LogP contribution in [0.3, 0.4) is 0 Å². The first-order valence-electron chi connectivity index (χ1n) is 7.80. The summed E-state index contributed by atoms with van der Waals surface area (Å²) in [6.07, 6.45) is 2.54. The van der Waals surface area contributed by atoms with Crippen LogP contribution < -0.4 is 0 Å². The molecule has 0 radical (unpaired) electrons. The number of hydrogen-bond acceptors (Lipinski definition) is 5. The molecule has 1 aliphatic rings. The fourth-order valence-electron chi connectivity index (χ4n) is 2.50. The first-order valence-corrected chi connectivity index (χ1v) is 7.80. The summed E-state index contributed by atoms with van der Waals surface area (Å²) in [4.78, 5) is 37.7. The average Bonchev–Trinajstić information content (AvgIpc) is 3.38. The van der Waals surface area contributed by atoms with E-state index in [-0.39, 0.29) is 25.7 Å². The van der Waals surface area contributed by atoms with Gasteiger partial charge in [0.2, 0.25) is 0 Å². The van der Waals surface area contributed by atoms with Crippen LogP contribution in [0.15, 0.2) is 43.0 Å². The summed E-state index contributed by atoms with van der Waals surface area (Å²) in [5.74, 6) is -1.16.